The smallest absolute Gasteiger partial charge is 0.230 e. The lowest BCUT2D eigenvalue weighted by Crippen LogP contribution is -2.49. The van der Waals surface area contributed by atoms with Gasteiger partial charge in [0.1, 0.15) is 0 Å². The molecule has 0 saturated carbocycles. The molecule has 54 valence electrons. The predicted octanol–water partition coefficient (Wildman–Crippen LogP) is 0.773. The van der Waals surface area contributed by atoms with E-state index >= 15 is 0 Å². The van der Waals surface area contributed by atoms with E-state index in [1.807, 2.05) is 12.3 Å². The van der Waals surface area contributed by atoms with E-state index in [1.165, 1.54) is 0 Å². The fourth-order valence-electron chi connectivity index (χ4n) is 1.25. The average molecular weight is 155 g/mol. The summed E-state index contributed by atoms with van der Waals surface area (Å²) < 4.78 is 0. The fraction of sp³-hybridized carbons (Fsp3) is 0.429. The van der Waals surface area contributed by atoms with Gasteiger partial charge in [0, 0.05) is 12.0 Å². The number of hydrogen-bond acceptors (Lipinski definition) is 1. The topological polar surface area (TPSA) is 20.3 Å². The van der Waals surface area contributed by atoms with Crippen molar-refractivity contribution in [1.29, 1.82) is 0 Å². The number of carbonyl (C=O) groups is 1. The van der Waals surface area contributed by atoms with E-state index in [0.29, 0.717) is 5.37 Å². The van der Waals surface area contributed by atoms with Crippen LogP contribution >= 0.6 is 10.5 Å². The second-order valence-corrected chi connectivity index (χ2v) is 4.50. The summed E-state index contributed by atoms with van der Waals surface area (Å²) in [7, 11) is 0.169. The van der Waals surface area contributed by atoms with Gasteiger partial charge in [-0.25, -0.2) is 0 Å². The molecule has 2 aliphatic rings. The van der Waals surface area contributed by atoms with E-state index in [4.69, 9.17) is 0 Å². The van der Waals surface area contributed by atoms with Crippen LogP contribution in [0, 0.1) is 0 Å². The van der Waals surface area contributed by atoms with Gasteiger partial charge >= 0.3 is 0 Å². The van der Waals surface area contributed by atoms with Crippen molar-refractivity contribution in [2.45, 2.75) is 11.8 Å². The Balaban J connectivity index is 2.25. The van der Waals surface area contributed by atoms with Crippen molar-refractivity contribution in [3.63, 3.8) is 0 Å². The summed E-state index contributed by atoms with van der Waals surface area (Å²) >= 11 is 0. The number of carbonyl (C=O) groups excluding carboxylic acids is 1. The fourth-order valence-corrected chi connectivity index (χ4v) is 2.69. The predicted molar refractivity (Wildman–Crippen MR) is 44.0 cm³/mol. The van der Waals surface area contributed by atoms with Gasteiger partial charge in [-0.3, -0.25) is 4.79 Å². The third-order valence-corrected chi connectivity index (χ3v) is 3.69. The first-order valence-electron chi connectivity index (χ1n) is 3.26. The molecule has 0 aromatic heterocycles. The van der Waals surface area contributed by atoms with E-state index in [2.05, 4.69) is 5.87 Å². The maximum absolute atomic E-state index is 10.9. The molecule has 3 heteroatoms. The normalized spacial score (nSPS) is 37.2. The quantitative estimate of drug-likeness (QED) is 0.374. The van der Waals surface area contributed by atoms with Crippen molar-refractivity contribution >= 4 is 22.3 Å². The summed E-state index contributed by atoms with van der Waals surface area (Å²) in [4.78, 5) is 12.7. The summed E-state index contributed by atoms with van der Waals surface area (Å²) in [6.45, 7) is 0. The molecule has 1 fully saturated rings. The number of rotatable bonds is 0. The number of amides is 1. The molecule has 0 spiro atoms. The first-order chi connectivity index (χ1) is 4.79. The van der Waals surface area contributed by atoms with Crippen LogP contribution < -0.4 is 0 Å². The number of β-lactam (4-membered cyclic amide) rings is 1. The molecule has 2 atom stereocenters. The van der Waals surface area contributed by atoms with Crippen molar-refractivity contribution in [2.75, 3.05) is 5.75 Å². The van der Waals surface area contributed by atoms with Crippen molar-refractivity contribution < 1.29 is 4.79 Å². The van der Waals surface area contributed by atoms with Crippen LogP contribution in [-0.2, 0) is 4.79 Å². The van der Waals surface area contributed by atoms with Crippen molar-refractivity contribution in [2.24, 2.45) is 0 Å². The minimum absolute atomic E-state index is 0.169. The van der Waals surface area contributed by atoms with Crippen LogP contribution in [-0.4, -0.2) is 27.8 Å². The Labute approximate surface area is 62.4 Å². The molecular formula is C7H9NOS. The van der Waals surface area contributed by atoms with Crippen molar-refractivity contribution in [3.05, 3.63) is 12.3 Å². The Morgan fingerprint density at radius 2 is 2.60 bits per heavy atom. The molecule has 0 radical (unpaired) electrons. The van der Waals surface area contributed by atoms with Crippen LogP contribution in [0.15, 0.2) is 12.3 Å². The van der Waals surface area contributed by atoms with E-state index in [-0.39, 0.29) is 16.4 Å². The van der Waals surface area contributed by atoms with E-state index in [1.54, 1.807) is 4.90 Å². The zero-order chi connectivity index (χ0) is 7.14. The van der Waals surface area contributed by atoms with E-state index < -0.39 is 0 Å². The molecule has 2 rings (SSSR count). The van der Waals surface area contributed by atoms with Crippen LogP contribution in [0.5, 0.6) is 0 Å². The Hall–Kier alpha value is -0.570. The molecule has 2 nitrogen and oxygen atoms in total. The molecule has 2 unspecified atom stereocenters. The number of nitrogens with zero attached hydrogens (tertiary/aromatic N) is 1. The third-order valence-electron chi connectivity index (χ3n) is 1.91. The Morgan fingerprint density at radius 1 is 1.80 bits per heavy atom. The van der Waals surface area contributed by atoms with Crippen molar-refractivity contribution in [1.82, 2.24) is 4.90 Å². The Kier molecular flexibility index (Phi) is 1.20. The van der Waals surface area contributed by atoms with Crippen LogP contribution in [0.1, 0.15) is 6.42 Å². The second-order valence-electron chi connectivity index (χ2n) is 2.55. The summed E-state index contributed by atoms with van der Waals surface area (Å²) in [6, 6.07) is 0. The standard InChI is InChI=1S/C7H9NOS/c1-10-4-2-3-8-6(9)5-7(8)10/h2-3,7H,1,4-5H2. The Morgan fingerprint density at radius 3 is 3.20 bits per heavy atom. The largest absolute Gasteiger partial charge is 0.307 e. The molecule has 2 heterocycles. The average Bonchev–Trinajstić information content (AvgIpc) is 1.91. The number of hydrogen-bond donors (Lipinski definition) is 0. The molecule has 10 heavy (non-hydrogen) atoms. The van der Waals surface area contributed by atoms with E-state index in [9.17, 15) is 4.79 Å². The zero-order valence-electron chi connectivity index (χ0n) is 5.62. The Bertz CT molecular complexity index is 234. The summed E-state index contributed by atoms with van der Waals surface area (Å²) in [5, 5.41) is 0.442. The van der Waals surface area contributed by atoms with Gasteiger partial charge in [0.15, 0.2) is 0 Å². The van der Waals surface area contributed by atoms with Gasteiger partial charge in [0.05, 0.1) is 11.8 Å². The molecule has 1 saturated heterocycles. The highest BCUT2D eigenvalue weighted by Crippen LogP contribution is 2.36. The van der Waals surface area contributed by atoms with Crippen LogP contribution in [0.25, 0.3) is 0 Å². The summed E-state index contributed by atoms with van der Waals surface area (Å²) in [5.41, 5.74) is 0. The highest BCUT2D eigenvalue weighted by Gasteiger charge is 2.36. The van der Waals surface area contributed by atoms with Crippen LogP contribution in [0.3, 0.4) is 0 Å². The molecule has 2 aliphatic heterocycles. The molecule has 0 bridgehead atoms. The second kappa shape index (κ2) is 1.95. The maximum Gasteiger partial charge on any atom is 0.230 e. The first-order valence-corrected chi connectivity index (χ1v) is 4.89. The van der Waals surface area contributed by atoms with Gasteiger partial charge < -0.3 is 4.90 Å². The van der Waals surface area contributed by atoms with Gasteiger partial charge in [0.25, 0.3) is 0 Å². The minimum atomic E-state index is 0.169. The molecule has 0 aromatic rings. The first kappa shape index (κ1) is 6.16. The summed E-state index contributed by atoms with van der Waals surface area (Å²) in [6.07, 6.45) is 4.64. The van der Waals surface area contributed by atoms with E-state index in [0.717, 1.165) is 12.2 Å². The minimum Gasteiger partial charge on any atom is -0.307 e. The molecule has 0 N–H and O–H groups in total. The van der Waals surface area contributed by atoms with Crippen molar-refractivity contribution in [3.8, 4) is 0 Å². The van der Waals surface area contributed by atoms with Crippen LogP contribution in [0.2, 0.25) is 0 Å². The molecule has 0 aliphatic carbocycles. The monoisotopic (exact) mass is 155 g/mol. The summed E-state index contributed by atoms with van der Waals surface area (Å²) in [5.74, 6) is 5.30. The van der Waals surface area contributed by atoms with Gasteiger partial charge in [-0.15, -0.1) is 0 Å². The highest BCUT2D eigenvalue weighted by molar-refractivity contribution is 8.14. The van der Waals surface area contributed by atoms with Gasteiger partial charge in [-0.1, -0.05) is 11.9 Å². The maximum atomic E-state index is 10.9. The lowest BCUT2D eigenvalue weighted by atomic mass is 10.2. The van der Waals surface area contributed by atoms with Gasteiger partial charge in [-0.2, -0.15) is 10.5 Å². The lowest BCUT2D eigenvalue weighted by Gasteiger charge is -2.41. The number of fused-ring (bicyclic) bond motifs is 1. The molecule has 1 amide bonds. The third kappa shape index (κ3) is 0.669. The van der Waals surface area contributed by atoms with Crippen LogP contribution in [0.4, 0.5) is 0 Å². The van der Waals surface area contributed by atoms with Gasteiger partial charge in [0.2, 0.25) is 5.91 Å². The molecular weight excluding hydrogens is 146 g/mol. The zero-order valence-corrected chi connectivity index (χ0v) is 6.43. The lowest BCUT2D eigenvalue weighted by molar-refractivity contribution is -0.137. The molecule has 0 aromatic carbocycles. The highest BCUT2D eigenvalue weighted by atomic mass is 32.2. The van der Waals surface area contributed by atoms with Gasteiger partial charge in [-0.05, 0) is 0 Å². The SMILES string of the molecule is C=S1CC=CN2C(=O)CC21.